The highest BCUT2D eigenvalue weighted by molar-refractivity contribution is 6.33. The van der Waals surface area contributed by atoms with Crippen LogP contribution in [0.1, 0.15) is 50.4 Å². The molecule has 1 heterocycles. The van der Waals surface area contributed by atoms with Crippen molar-refractivity contribution in [3.8, 4) is 5.75 Å². The summed E-state index contributed by atoms with van der Waals surface area (Å²) in [6.45, 7) is 7.91. The molecule has 1 aromatic rings. The summed E-state index contributed by atoms with van der Waals surface area (Å²) in [7, 11) is 1.44. The number of piperidine rings is 1. The number of methoxy groups -OCH3 is 1. The van der Waals surface area contributed by atoms with Gasteiger partial charge in [-0.25, -0.2) is 9.59 Å². The molecule has 1 fully saturated rings. The fourth-order valence-corrected chi connectivity index (χ4v) is 3.60. The number of nitrogen functional groups attached to an aromatic ring is 1. The highest BCUT2D eigenvalue weighted by Gasteiger charge is 2.22. The lowest BCUT2D eigenvalue weighted by molar-refractivity contribution is -0.122. The predicted octanol–water partition coefficient (Wildman–Crippen LogP) is 2.58. The van der Waals surface area contributed by atoms with Gasteiger partial charge in [-0.3, -0.25) is 9.69 Å². The number of carbonyl (C=O) groups is 3. The zero-order valence-electron chi connectivity index (χ0n) is 20.2. The molecular formula is C23H35ClN4O6. The molecule has 0 bridgehead atoms. The second-order valence-corrected chi connectivity index (χ2v) is 9.48. The minimum atomic E-state index is -0.574. The third-order valence-corrected chi connectivity index (χ3v) is 5.48. The summed E-state index contributed by atoms with van der Waals surface area (Å²) < 4.78 is 15.7. The van der Waals surface area contributed by atoms with Gasteiger partial charge >= 0.3 is 12.1 Å². The van der Waals surface area contributed by atoms with Crippen LogP contribution in [0.3, 0.4) is 0 Å². The number of carbonyl (C=O) groups excluding carboxylic acids is 3. The number of rotatable bonds is 9. The van der Waals surface area contributed by atoms with Gasteiger partial charge in [-0.15, -0.1) is 0 Å². The smallest absolute Gasteiger partial charge is 0.407 e. The standard InChI is InChI=1S/C23H35ClN4O6/c1-23(2,3)34-22(31)26-8-5-20(29)27-15-6-9-28(10-7-15)11-12-33-21(30)16-13-17(24)18(25)14-19(16)32-4/h13-15H,5-12,25H2,1-4H3,(H,26,31)(H,27,29). The number of alkyl carbamates (subject to hydrolysis) is 1. The Hall–Kier alpha value is -2.72. The number of anilines is 1. The minimum Gasteiger partial charge on any atom is -0.496 e. The summed E-state index contributed by atoms with van der Waals surface area (Å²) in [5, 5.41) is 5.84. The molecule has 0 aliphatic carbocycles. The second-order valence-electron chi connectivity index (χ2n) is 9.07. The van der Waals surface area contributed by atoms with Crippen LogP contribution in [0.4, 0.5) is 10.5 Å². The molecule has 10 nitrogen and oxygen atoms in total. The van der Waals surface area contributed by atoms with Gasteiger partial charge < -0.3 is 30.6 Å². The van der Waals surface area contributed by atoms with Crippen LogP contribution in [0.25, 0.3) is 0 Å². The number of benzene rings is 1. The number of hydrogen-bond donors (Lipinski definition) is 3. The third-order valence-electron chi connectivity index (χ3n) is 5.15. The molecule has 1 aliphatic rings. The molecule has 0 radical (unpaired) electrons. The van der Waals surface area contributed by atoms with Gasteiger partial charge in [0.25, 0.3) is 0 Å². The normalized spacial score (nSPS) is 14.9. The molecule has 190 valence electrons. The van der Waals surface area contributed by atoms with E-state index >= 15 is 0 Å². The Morgan fingerprint density at radius 2 is 1.88 bits per heavy atom. The topological polar surface area (TPSA) is 132 Å². The quantitative estimate of drug-likeness (QED) is 0.349. The molecule has 0 saturated carbocycles. The molecule has 2 amide bonds. The van der Waals surface area contributed by atoms with E-state index in [1.807, 2.05) is 0 Å². The van der Waals surface area contributed by atoms with Gasteiger partial charge in [-0.05, 0) is 39.7 Å². The summed E-state index contributed by atoms with van der Waals surface area (Å²) in [5.41, 5.74) is 5.72. The molecule has 2 rings (SSSR count). The van der Waals surface area contributed by atoms with Gasteiger partial charge in [0, 0.05) is 44.7 Å². The summed E-state index contributed by atoms with van der Waals surface area (Å²) in [6.07, 6.45) is 1.24. The van der Waals surface area contributed by atoms with E-state index < -0.39 is 17.7 Å². The van der Waals surface area contributed by atoms with Crippen molar-refractivity contribution in [2.24, 2.45) is 0 Å². The van der Waals surface area contributed by atoms with Crippen LogP contribution in [-0.2, 0) is 14.3 Å². The number of ether oxygens (including phenoxy) is 3. The number of nitrogens with zero attached hydrogens (tertiary/aromatic N) is 1. The molecule has 0 unspecified atom stereocenters. The number of nitrogens with two attached hydrogens (primary N) is 1. The van der Waals surface area contributed by atoms with Gasteiger partial charge in [-0.1, -0.05) is 11.6 Å². The number of amides is 2. The molecule has 11 heteroatoms. The Kier molecular flexibility index (Phi) is 10.2. The molecule has 4 N–H and O–H groups in total. The van der Waals surface area contributed by atoms with Gasteiger partial charge in [0.1, 0.15) is 23.5 Å². The molecule has 1 saturated heterocycles. The fraction of sp³-hybridized carbons (Fsp3) is 0.609. The first kappa shape index (κ1) is 27.5. The maximum atomic E-state index is 12.4. The molecule has 0 atom stereocenters. The largest absolute Gasteiger partial charge is 0.496 e. The highest BCUT2D eigenvalue weighted by Crippen LogP contribution is 2.29. The third kappa shape index (κ3) is 9.26. The van der Waals surface area contributed by atoms with Crippen molar-refractivity contribution in [2.75, 3.05) is 45.6 Å². The second kappa shape index (κ2) is 12.7. The van der Waals surface area contributed by atoms with Crippen molar-refractivity contribution in [3.05, 3.63) is 22.7 Å². The SMILES string of the molecule is COc1cc(N)c(Cl)cc1C(=O)OCCN1CCC(NC(=O)CCNC(=O)OC(C)(C)C)CC1. The zero-order valence-corrected chi connectivity index (χ0v) is 21.0. The van der Waals surface area contributed by atoms with Gasteiger partial charge in [-0.2, -0.15) is 0 Å². The van der Waals surface area contributed by atoms with Crippen LogP contribution in [0.2, 0.25) is 5.02 Å². The van der Waals surface area contributed by atoms with E-state index in [-0.39, 0.29) is 42.1 Å². The van der Waals surface area contributed by atoms with E-state index in [1.54, 1.807) is 20.8 Å². The van der Waals surface area contributed by atoms with Crippen LogP contribution in [0.15, 0.2) is 12.1 Å². The van der Waals surface area contributed by atoms with Crippen molar-refractivity contribution in [3.63, 3.8) is 0 Å². The number of esters is 1. The average molecular weight is 499 g/mol. The van der Waals surface area contributed by atoms with E-state index in [1.165, 1.54) is 19.2 Å². The van der Waals surface area contributed by atoms with E-state index in [0.29, 0.717) is 18.0 Å². The van der Waals surface area contributed by atoms with Crippen LogP contribution >= 0.6 is 11.6 Å². The van der Waals surface area contributed by atoms with Crippen LogP contribution in [0, 0.1) is 0 Å². The summed E-state index contributed by atoms with van der Waals surface area (Å²) in [5.74, 6) is -0.329. The van der Waals surface area contributed by atoms with Gasteiger partial charge in [0.15, 0.2) is 0 Å². The first-order valence-corrected chi connectivity index (χ1v) is 11.6. The number of likely N-dealkylation sites (tertiary alicyclic amines) is 1. The van der Waals surface area contributed by atoms with E-state index in [0.717, 1.165) is 25.9 Å². The number of halogens is 1. The lowest BCUT2D eigenvalue weighted by Gasteiger charge is -2.32. The van der Waals surface area contributed by atoms with Gasteiger partial charge in [0.2, 0.25) is 5.91 Å². The monoisotopic (exact) mass is 498 g/mol. The van der Waals surface area contributed by atoms with Crippen LogP contribution in [0.5, 0.6) is 5.75 Å². The predicted molar refractivity (Wildman–Crippen MR) is 129 cm³/mol. The van der Waals surface area contributed by atoms with Gasteiger partial charge in [0.05, 0.1) is 17.8 Å². The zero-order chi connectivity index (χ0) is 25.3. The minimum absolute atomic E-state index is 0.0778. The molecule has 0 aromatic heterocycles. The number of nitrogens with one attached hydrogen (secondary N) is 2. The molecular weight excluding hydrogens is 464 g/mol. The van der Waals surface area contributed by atoms with Crippen molar-refractivity contribution in [2.45, 2.75) is 51.7 Å². The lowest BCUT2D eigenvalue weighted by atomic mass is 10.0. The Labute approximate surface area is 205 Å². The number of hydrogen-bond acceptors (Lipinski definition) is 8. The fourth-order valence-electron chi connectivity index (χ4n) is 3.44. The van der Waals surface area contributed by atoms with Crippen molar-refractivity contribution >= 4 is 35.3 Å². The van der Waals surface area contributed by atoms with Crippen molar-refractivity contribution in [1.29, 1.82) is 0 Å². The first-order chi connectivity index (χ1) is 16.0. The average Bonchev–Trinajstić information content (AvgIpc) is 2.75. The van der Waals surface area contributed by atoms with Crippen LogP contribution in [-0.4, -0.2) is 74.4 Å². The Morgan fingerprint density at radius 3 is 2.50 bits per heavy atom. The van der Waals surface area contributed by atoms with Crippen molar-refractivity contribution in [1.82, 2.24) is 15.5 Å². The Morgan fingerprint density at radius 1 is 1.21 bits per heavy atom. The summed E-state index contributed by atoms with van der Waals surface area (Å²) in [6, 6.07) is 3.01. The lowest BCUT2D eigenvalue weighted by Crippen LogP contribution is -2.46. The summed E-state index contributed by atoms with van der Waals surface area (Å²) in [4.78, 5) is 38.3. The Balaban J connectivity index is 1.64. The highest BCUT2D eigenvalue weighted by atomic mass is 35.5. The molecule has 34 heavy (non-hydrogen) atoms. The molecule has 0 spiro atoms. The first-order valence-electron chi connectivity index (χ1n) is 11.3. The molecule has 1 aliphatic heterocycles. The maximum absolute atomic E-state index is 12.4. The maximum Gasteiger partial charge on any atom is 0.407 e. The Bertz CT molecular complexity index is 866. The molecule has 1 aromatic carbocycles. The van der Waals surface area contributed by atoms with E-state index in [2.05, 4.69) is 15.5 Å². The summed E-state index contributed by atoms with van der Waals surface area (Å²) >= 11 is 6.01. The van der Waals surface area contributed by atoms with Crippen LogP contribution < -0.4 is 21.1 Å². The van der Waals surface area contributed by atoms with Crippen molar-refractivity contribution < 1.29 is 28.6 Å². The van der Waals surface area contributed by atoms with E-state index in [9.17, 15) is 14.4 Å². The van der Waals surface area contributed by atoms with E-state index in [4.69, 9.17) is 31.5 Å².